The molecule has 6 heteroatoms. The number of para-hydroxylation sites is 1. The zero-order chi connectivity index (χ0) is 20.4. The summed E-state index contributed by atoms with van der Waals surface area (Å²) in [6.45, 7) is 9.90. The fraction of sp³-hybridized carbons (Fsp3) is 0.652. The van der Waals surface area contributed by atoms with Crippen LogP contribution in [0.4, 0.5) is 5.69 Å². The van der Waals surface area contributed by atoms with E-state index in [-0.39, 0.29) is 23.9 Å². The Morgan fingerprint density at radius 1 is 1.00 bits per heavy atom. The zero-order valence-corrected chi connectivity index (χ0v) is 17.8. The van der Waals surface area contributed by atoms with Crippen molar-refractivity contribution in [2.24, 2.45) is 0 Å². The van der Waals surface area contributed by atoms with Gasteiger partial charge in [0.2, 0.25) is 11.8 Å². The summed E-state index contributed by atoms with van der Waals surface area (Å²) in [4.78, 5) is 34.4. The third kappa shape index (κ3) is 4.33. The molecule has 158 valence electrons. The van der Waals surface area contributed by atoms with E-state index < -0.39 is 0 Å². The molecule has 29 heavy (non-hydrogen) atoms. The lowest BCUT2D eigenvalue weighted by atomic mass is 10.1. The monoisotopic (exact) mass is 398 g/mol. The summed E-state index contributed by atoms with van der Waals surface area (Å²) in [6, 6.07) is 8.33. The average molecular weight is 399 g/mol. The first-order valence-electron chi connectivity index (χ1n) is 11.2. The van der Waals surface area contributed by atoms with Gasteiger partial charge in [-0.15, -0.1) is 0 Å². The molecule has 0 bridgehead atoms. The van der Waals surface area contributed by atoms with Crippen LogP contribution in [-0.2, 0) is 16.0 Å². The zero-order valence-electron chi connectivity index (χ0n) is 17.8. The molecule has 0 aromatic heterocycles. The van der Waals surface area contributed by atoms with Gasteiger partial charge in [0, 0.05) is 51.0 Å². The van der Waals surface area contributed by atoms with Crippen LogP contribution in [-0.4, -0.2) is 84.4 Å². The van der Waals surface area contributed by atoms with Crippen LogP contribution in [0.25, 0.3) is 0 Å². The van der Waals surface area contributed by atoms with Crippen LogP contribution in [0.5, 0.6) is 0 Å². The summed E-state index contributed by atoms with van der Waals surface area (Å²) >= 11 is 0. The molecule has 1 aromatic carbocycles. The molecule has 0 saturated carbocycles. The number of likely N-dealkylation sites (tertiary alicyclic amines) is 1. The second-order valence-corrected chi connectivity index (χ2v) is 8.82. The topological polar surface area (TPSA) is 47.1 Å². The Balaban J connectivity index is 1.30. The molecule has 4 rings (SSSR count). The fourth-order valence-electron chi connectivity index (χ4n) is 5.00. The quantitative estimate of drug-likeness (QED) is 0.778. The van der Waals surface area contributed by atoms with Crippen LogP contribution < -0.4 is 4.90 Å². The minimum atomic E-state index is -0.136. The molecule has 2 saturated heterocycles. The highest BCUT2D eigenvalue weighted by atomic mass is 16.2. The van der Waals surface area contributed by atoms with E-state index in [0.717, 1.165) is 64.2 Å². The minimum Gasteiger partial charge on any atom is -0.342 e. The average Bonchev–Trinajstić information content (AvgIpc) is 3.09. The number of carbonyl (C=O) groups excluding carboxylic acids is 2. The van der Waals surface area contributed by atoms with Crippen molar-refractivity contribution in [3.63, 3.8) is 0 Å². The molecule has 2 atom stereocenters. The Hall–Kier alpha value is -1.92. The molecule has 0 aliphatic carbocycles. The van der Waals surface area contributed by atoms with Crippen molar-refractivity contribution in [3.8, 4) is 0 Å². The van der Waals surface area contributed by atoms with Crippen LogP contribution in [0, 0.1) is 0 Å². The summed E-state index contributed by atoms with van der Waals surface area (Å²) in [6.07, 6.45) is 4.45. The predicted octanol–water partition coefficient (Wildman–Crippen LogP) is 1.98. The molecule has 3 heterocycles. The maximum absolute atomic E-state index is 13.3. The highest BCUT2D eigenvalue weighted by Gasteiger charge is 2.36. The number of amides is 2. The van der Waals surface area contributed by atoms with Gasteiger partial charge in [0.15, 0.2) is 0 Å². The highest BCUT2D eigenvalue weighted by molar-refractivity contribution is 5.99. The van der Waals surface area contributed by atoms with Gasteiger partial charge in [-0.05, 0) is 51.2 Å². The summed E-state index contributed by atoms with van der Waals surface area (Å²) in [7, 11) is 0. The molecule has 0 radical (unpaired) electrons. The van der Waals surface area contributed by atoms with E-state index in [1.165, 1.54) is 12.0 Å². The van der Waals surface area contributed by atoms with Crippen LogP contribution in [0.1, 0.15) is 38.7 Å². The molecule has 2 amide bonds. The SMILES string of the molecule is CC(C(=O)N1c2ccccc2CC1C)N1CCN(CC(=O)N2CCCCC2)CC1. The standard InChI is InChI=1S/C23H34N4O2/c1-18-16-20-8-4-5-9-21(20)27(18)23(29)19(2)25-14-12-24(13-15-25)17-22(28)26-10-6-3-7-11-26/h4-5,8-9,18-19H,3,6-7,10-17H2,1-2H3. The molecule has 0 spiro atoms. The maximum Gasteiger partial charge on any atom is 0.244 e. The van der Waals surface area contributed by atoms with Gasteiger partial charge < -0.3 is 9.80 Å². The number of hydrogen-bond donors (Lipinski definition) is 0. The van der Waals surface area contributed by atoms with Crippen molar-refractivity contribution >= 4 is 17.5 Å². The van der Waals surface area contributed by atoms with Crippen molar-refractivity contribution in [2.75, 3.05) is 50.7 Å². The van der Waals surface area contributed by atoms with E-state index in [9.17, 15) is 9.59 Å². The molecule has 6 nitrogen and oxygen atoms in total. The Kier molecular flexibility index (Phi) is 6.20. The van der Waals surface area contributed by atoms with E-state index in [1.54, 1.807) is 0 Å². The van der Waals surface area contributed by atoms with E-state index in [0.29, 0.717) is 6.54 Å². The number of piperazine rings is 1. The van der Waals surface area contributed by atoms with Gasteiger partial charge in [-0.1, -0.05) is 18.2 Å². The first kappa shape index (κ1) is 20.4. The van der Waals surface area contributed by atoms with Gasteiger partial charge in [0.05, 0.1) is 12.6 Å². The second kappa shape index (κ2) is 8.84. The van der Waals surface area contributed by atoms with Gasteiger partial charge in [0.25, 0.3) is 0 Å². The Bertz CT molecular complexity index is 738. The second-order valence-electron chi connectivity index (χ2n) is 8.82. The third-order valence-electron chi connectivity index (χ3n) is 6.82. The number of piperidine rings is 1. The normalized spacial score (nSPS) is 24.4. The number of benzene rings is 1. The third-order valence-corrected chi connectivity index (χ3v) is 6.82. The number of anilines is 1. The molecule has 3 aliphatic heterocycles. The largest absolute Gasteiger partial charge is 0.342 e. The van der Waals surface area contributed by atoms with E-state index in [1.807, 2.05) is 28.9 Å². The summed E-state index contributed by atoms with van der Waals surface area (Å²) in [5, 5.41) is 0. The lowest BCUT2D eigenvalue weighted by Gasteiger charge is -2.39. The number of fused-ring (bicyclic) bond motifs is 1. The molecule has 0 N–H and O–H groups in total. The Labute approximate surface area is 174 Å². The van der Waals surface area contributed by atoms with Gasteiger partial charge in [-0.3, -0.25) is 19.4 Å². The minimum absolute atomic E-state index is 0.136. The summed E-state index contributed by atoms with van der Waals surface area (Å²) in [5.41, 5.74) is 2.34. The van der Waals surface area contributed by atoms with Crippen molar-refractivity contribution in [1.82, 2.24) is 14.7 Å². The van der Waals surface area contributed by atoms with Crippen LogP contribution in [0.2, 0.25) is 0 Å². The van der Waals surface area contributed by atoms with Gasteiger partial charge in [-0.25, -0.2) is 0 Å². The van der Waals surface area contributed by atoms with Crippen molar-refractivity contribution in [2.45, 2.75) is 51.6 Å². The lowest BCUT2D eigenvalue weighted by molar-refractivity contribution is -0.134. The molecular weight excluding hydrogens is 364 g/mol. The van der Waals surface area contributed by atoms with Crippen molar-refractivity contribution in [1.29, 1.82) is 0 Å². The molecule has 3 aliphatic rings. The fourth-order valence-corrected chi connectivity index (χ4v) is 5.00. The number of carbonyl (C=O) groups is 2. The van der Waals surface area contributed by atoms with Gasteiger partial charge in [-0.2, -0.15) is 0 Å². The number of hydrogen-bond acceptors (Lipinski definition) is 4. The van der Waals surface area contributed by atoms with Crippen molar-refractivity contribution < 1.29 is 9.59 Å². The predicted molar refractivity (Wildman–Crippen MR) is 115 cm³/mol. The molecule has 2 fully saturated rings. The van der Waals surface area contributed by atoms with Crippen LogP contribution >= 0.6 is 0 Å². The van der Waals surface area contributed by atoms with Crippen molar-refractivity contribution in [3.05, 3.63) is 29.8 Å². The van der Waals surface area contributed by atoms with Crippen LogP contribution in [0.3, 0.4) is 0 Å². The Morgan fingerprint density at radius 2 is 1.69 bits per heavy atom. The first-order valence-corrected chi connectivity index (χ1v) is 11.2. The van der Waals surface area contributed by atoms with E-state index in [2.05, 4.69) is 28.9 Å². The maximum atomic E-state index is 13.3. The number of nitrogens with zero attached hydrogens (tertiary/aromatic N) is 4. The molecule has 1 aromatic rings. The van der Waals surface area contributed by atoms with Gasteiger partial charge >= 0.3 is 0 Å². The van der Waals surface area contributed by atoms with Crippen LogP contribution in [0.15, 0.2) is 24.3 Å². The summed E-state index contributed by atoms with van der Waals surface area (Å²) < 4.78 is 0. The molecular formula is C23H34N4O2. The van der Waals surface area contributed by atoms with E-state index >= 15 is 0 Å². The molecule has 2 unspecified atom stereocenters. The van der Waals surface area contributed by atoms with Gasteiger partial charge in [0.1, 0.15) is 0 Å². The van der Waals surface area contributed by atoms with E-state index in [4.69, 9.17) is 0 Å². The first-order chi connectivity index (χ1) is 14.0. The highest BCUT2D eigenvalue weighted by Crippen LogP contribution is 2.32. The smallest absolute Gasteiger partial charge is 0.244 e. The number of rotatable bonds is 4. The lowest BCUT2D eigenvalue weighted by Crippen LogP contribution is -2.56. The Morgan fingerprint density at radius 3 is 2.41 bits per heavy atom. The summed E-state index contributed by atoms with van der Waals surface area (Å²) in [5.74, 6) is 0.463.